The van der Waals surface area contributed by atoms with Gasteiger partial charge in [0.15, 0.2) is 11.5 Å². The van der Waals surface area contributed by atoms with Crippen LogP contribution in [0.5, 0.6) is 5.75 Å². The summed E-state index contributed by atoms with van der Waals surface area (Å²) in [6.45, 7) is 2.15. The van der Waals surface area contributed by atoms with E-state index >= 15 is 0 Å². The number of hydrogen-bond acceptors (Lipinski definition) is 3. The Hall–Kier alpha value is -1.77. The number of fused-ring (bicyclic) bond motifs is 1. The molecular weight excluding hydrogens is 288 g/mol. The van der Waals surface area contributed by atoms with Gasteiger partial charge in [-0.25, -0.2) is 0 Å². The molecule has 0 radical (unpaired) electrons. The number of Topliss-reactive ketones (excluding diaryl/α,β-unsaturated/α-hetero) is 1. The van der Waals surface area contributed by atoms with Gasteiger partial charge in [0.2, 0.25) is 0 Å². The fourth-order valence-electron chi connectivity index (χ4n) is 5.52. The number of hydrogen-bond donors (Lipinski definition) is 0. The van der Waals surface area contributed by atoms with Gasteiger partial charge >= 0.3 is 0 Å². The highest BCUT2D eigenvalue weighted by molar-refractivity contribution is 5.96. The number of carbonyl (C=O) groups excluding carboxylic acids is 1. The Labute approximate surface area is 137 Å². The van der Waals surface area contributed by atoms with Gasteiger partial charge < -0.3 is 9.47 Å². The molecule has 1 saturated carbocycles. The zero-order valence-corrected chi connectivity index (χ0v) is 14.1. The lowest BCUT2D eigenvalue weighted by atomic mass is 9.49. The van der Waals surface area contributed by atoms with Crippen molar-refractivity contribution >= 4 is 5.78 Å². The molecule has 0 aliphatic heterocycles. The van der Waals surface area contributed by atoms with Gasteiger partial charge in [-0.2, -0.15) is 0 Å². The number of carbonyl (C=O) groups is 1. The van der Waals surface area contributed by atoms with E-state index in [-0.39, 0.29) is 11.2 Å². The van der Waals surface area contributed by atoms with Gasteiger partial charge in [0, 0.05) is 11.8 Å². The van der Waals surface area contributed by atoms with Crippen molar-refractivity contribution in [1.82, 2.24) is 0 Å². The number of allylic oxidation sites excluding steroid dienone is 2. The highest BCUT2D eigenvalue weighted by Gasteiger charge is 2.54. The molecule has 3 aliphatic rings. The lowest BCUT2D eigenvalue weighted by molar-refractivity contribution is -0.122. The van der Waals surface area contributed by atoms with E-state index in [1.807, 2.05) is 0 Å². The number of ether oxygens (including phenoxy) is 2. The Bertz CT molecular complexity index is 703. The Morgan fingerprint density at radius 2 is 2.04 bits per heavy atom. The minimum absolute atomic E-state index is 0.0474. The first kappa shape index (κ1) is 14.8. The van der Waals surface area contributed by atoms with Crippen LogP contribution in [0.4, 0.5) is 0 Å². The van der Waals surface area contributed by atoms with Gasteiger partial charge in [0.1, 0.15) is 5.75 Å². The van der Waals surface area contributed by atoms with E-state index in [9.17, 15) is 4.79 Å². The van der Waals surface area contributed by atoms with Gasteiger partial charge in [-0.05, 0) is 66.9 Å². The van der Waals surface area contributed by atoms with Crippen molar-refractivity contribution in [3.8, 4) is 5.75 Å². The molecule has 2 bridgehead atoms. The summed E-state index contributed by atoms with van der Waals surface area (Å²) in [4.78, 5) is 12.6. The molecular formula is C20H24O3. The molecule has 3 heteroatoms. The first-order valence-corrected chi connectivity index (χ1v) is 8.56. The summed E-state index contributed by atoms with van der Waals surface area (Å²) < 4.78 is 10.9. The third-order valence-electron chi connectivity index (χ3n) is 6.35. The Morgan fingerprint density at radius 3 is 2.78 bits per heavy atom. The summed E-state index contributed by atoms with van der Waals surface area (Å²) in [6.07, 6.45) is 7.37. The van der Waals surface area contributed by atoms with Crippen molar-refractivity contribution in [2.75, 3.05) is 14.2 Å². The van der Waals surface area contributed by atoms with Crippen LogP contribution < -0.4 is 4.74 Å². The average molecular weight is 312 g/mol. The second kappa shape index (κ2) is 5.12. The van der Waals surface area contributed by atoms with E-state index in [1.54, 1.807) is 14.2 Å². The van der Waals surface area contributed by atoms with Crippen LogP contribution in [0.2, 0.25) is 0 Å². The fraction of sp³-hybridized carbons (Fsp3) is 0.550. The number of ketones is 1. The molecule has 0 aromatic heterocycles. The molecule has 122 valence electrons. The average Bonchev–Trinajstić information content (AvgIpc) is 2.53. The number of methoxy groups -OCH3 is 2. The molecule has 0 N–H and O–H groups in total. The molecule has 1 unspecified atom stereocenters. The second-order valence-electron chi connectivity index (χ2n) is 7.30. The smallest absolute Gasteiger partial charge is 0.197 e. The van der Waals surface area contributed by atoms with Crippen molar-refractivity contribution in [3.05, 3.63) is 40.7 Å². The molecule has 0 amide bonds. The Kier molecular flexibility index (Phi) is 3.29. The third-order valence-corrected chi connectivity index (χ3v) is 6.35. The summed E-state index contributed by atoms with van der Waals surface area (Å²) in [5.74, 6) is 2.71. The van der Waals surface area contributed by atoms with Crippen LogP contribution in [0.25, 0.3) is 0 Å². The van der Waals surface area contributed by atoms with Crippen LogP contribution in [0, 0.1) is 18.8 Å². The van der Waals surface area contributed by atoms with Crippen molar-refractivity contribution in [3.63, 3.8) is 0 Å². The minimum Gasteiger partial charge on any atom is -0.496 e. The van der Waals surface area contributed by atoms with Gasteiger partial charge in [-0.15, -0.1) is 0 Å². The summed E-state index contributed by atoms with van der Waals surface area (Å²) >= 11 is 0. The minimum atomic E-state index is -0.0474. The quantitative estimate of drug-likeness (QED) is 0.835. The molecule has 1 fully saturated rings. The summed E-state index contributed by atoms with van der Waals surface area (Å²) in [5, 5.41) is 0. The van der Waals surface area contributed by atoms with Crippen molar-refractivity contribution < 1.29 is 14.3 Å². The second-order valence-corrected chi connectivity index (χ2v) is 7.30. The molecule has 0 saturated heterocycles. The highest BCUT2D eigenvalue weighted by atomic mass is 16.5. The van der Waals surface area contributed by atoms with E-state index in [2.05, 4.69) is 25.1 Å². The molecule has 0 spiro atoms. The van der Waals surface area contributed by atoms with Gasteiger partial charge in [-0.1, -0.05) is 12.5 Å². The summed E-state index contributed by atoms with van der Waals surface area (Å²) in [6, 6.07) is 4.30. The molecule has 3 atom stereocenters. The number of rotatable bonds is 2. The van der Waals surface area contributed by atoms with Crippen molar-refractivity contribution in [2.45, 2.75) is 44.4 Å². The van der Waals surface area contributed by atoms with Crippen LogP contribution in [0.1, 0.15) is 42.4 Å². The monoisotopic (exact) mass is 312 g/mol. The van der Waals surface area contributed by atoms with Gasteiger partial charge in [0.25, 0.3) is 0 Å². The normalized spacial score (nSPS) is 31.8. The zero-order valence-electron chi connectivity index (χ0n) is 14.1. The molecule has 3 nitrogen and oxygen atoms in total. The zero-order chi connectivity index (χ0) is 16.2. The van der Waals surface area contributed by atoms with E-state index in [4.69, 9.17) is 9.47 Å². The molecule has 1 aromatic rings. The van der Waals surface area contributed by atoms with Crippen LogP contribution in [0.3, 0.4) is 0 Å². The van der Waals surface area contributed by atoms with E-state index < -0.39 is 0 Å². The lowest BCUT2D eigenvalue weighted by Gasteiger charge is -2.54. The SMILES string of the molecule is COC1=CC2[C@H]3CCC[C@]2(CC1=O)c1c(ccc(OC)c1C)C3. The first-order chi connectivity index (χ1) is 11.1. The molecule has 0 heterocycles. The first-order valence-electron chi connectivity index (χ1n) is 8.56. The van der Waals surface area contributed by atoms with Crippen molar-refractivity contribution in [1.29, 1.82) is 0 Å². The molecule has 4 rings (SSSR count). The van der Waals surface area contributed by atoms with E-state index in [0.29, 0.717) is 24.0 Å². The summed E-state index contributed by atoms with van der Waals surface area (Å²) in [5.41, 5.74) is 3.98. The topological polar surface area (TPSA) is 35.5 Å². The van der Waals surface area contributed by atoms with E-state index in [1.165, 1.54) is 29.5 Å². The molecule has 1 aromatic carbocycles. The Balaban J connectivity index is 1.96. The third kappa shape index (κ3) is 1.92. The standard InChI is InChI=1S/C20H24O3/c1-12-17(22-2)7-6-14-9-13-5-4-8-20(19(12)14)11-16(21)18(23-3)10-15(13)20/h6-7,10,13,15H,4-5,8-9,11H2,1-3H3/t13-,15?,20+/m0/s1. The maximum absolute atomic E-state index is 12.6. The maximum atomic E-state index is 12.6. The van der Waals surface area contributed by atoms with Crippen molar-refractivity contribution in [2.24, 2.45) is 11.8 Å². The maximum Gasteiger partial charge on any atom is 0.197 e. The van der Waals surface area contributed by atoms with Crippen LogP contribution in [-0.2, 0) is 21.4 Å². The molecule has 3 aliphatic carbocycles. The largest absolute Gasteiger partial charge is 0.496 e. The van der Waals surface area contributed by atoms with Gasteiger partial charge in [-0.3, -0.25) is 4.79 Å². The predicted octanol–water partition coefficient (Wildman–Crippen LogP) is 3.72. The van der Waals surface area contributed by atoms with Crippen LogP contribution >= 0.6 is 0 Å². The van der Waals surface area contributed by atoms with Crippen LogP contribution in [-0.4, -0.2) is 20.0 Å². The highest BCUT2D eigenvalue weighted by Crippen LogP contribution is 2.58. The summed E-state index contributed by atoms with van der Waals surface area (Å²) in [7, 11) is 3.34. The van der Waals surface area contributed by atoms with Gasteiger partial charge in [0.05, 0.1) is 14.2 Å². The predicted molar refractivity (Wildman–Crippen MR) is 88.7 cm³/mol. The lowest BCUT2D eigenvalue weighted by Crippen LogP contribution is -2.51. The van der Waals surface area contributed by atoms with Crippen LogP contribution in [0.15, 0.2) is 24.0 Å². The van der Waals surface area contributed by atoms with E-state index in [0.717, 1.165) is 18.6 Å². The number of benzene rings is 1. The fourth-order valence-corrected chi connectivity index (χ4v) is 5.52. The Morgan fingerprint density at radius 1 is 1.22 bits per heavy atom. The molecule has 23 heavy (non-hydrogen) atoms.